The lowest BCUT2D eigenvalue weighted by Crippen LogP contribution is -2.52. The van der Waals surface area contributed by atoms with E-state index in [1.54, 1.807) is 0 Å². The lowest BCUT2D eigenvalue weighted by Gasteiger charge is -2.39. The quantitative estimate of drug-likeness (QED) is 0.923. The number of carboxylic acids is 1. The lowest BCUT2D eigenvalue weighted by molar-refractivity contribution is -0.153. The van der Waals surface area contributed by atoms with Gasteiger partial charge in [-0.3, -0.25) is 9.59 Å². The number of para-hydroxylation sites is 1. The molecule has 1 amide bonds. The van der Waals surface area contributed by atoms with Crippen molar-refractivity contribution in [3.63, 3.8) is 0 Å². The summed E-state index contributed by atoms with van der Waals surface area (Å²) in [7, 11) is 0. The molecule has 1 N–H and O–H groups in total. The molecule has 1 aliphatic heterocycles. The lowest BCUT2D eigenvalue weighted by atomic mass is 9.78. The van der Waals surface area contributed by atoms with Gasteiger partial charge < -0.3 is 14.9 Å². The maximum absolute atomic E-state index is 13.0. The molecule has 4 rings (SSSR count). The largest absolute Gasteiger partial charge is 0.481 e. The van der Waals surface area contributed by atoms with Gasteiger partial charge in [-0.2, -0.15) is 0 Å². The summed E-state index contributed by atoms with van der Waals surface area (Å²) in [5.41, 5.74) is 1.19. The predicted octanol–water partition coefficient (Wildman–Crippen LogP) is 2.08. The molecule has 128 valence electrons. The van der Waals surface area contributed by atoms with Crippen molar-refractivity contribution in [3.05, 3.63) is 30.3 Å². The Balaban J connectivity index is 1.42. The molecule has 2 saturated carbocycles. The maximum Gasteiger partial charge on any atom is 0.307 e. The molecular weight excluding hydrogens is 304 g/mol. The van der Waals surface area contributed by atoms with Crippen LogP contribution in [0.25, 0.3) is 0 Å². The van der Waals surface area contributed by atoms with Gasteiger partial charge in [-0.1, -0.05) is 18.2 Å². The van der Waals surface area contributed by atoms with Gasteiger partial charge in [0, 0.05) is 31.9 Å². The molecule has 4 atom stereocenters. The van der Waals surface area contributed by atoms with Crippen molar-refractivity contribution < 1.29 is 14.7 Å². The molecule has 0 spiro atoms. The number of piperazine rings is 1. The Morgan fingerprint density at radius 3 is 2.17 bits per heavy atom. The Bertz CT molecular complexity index is 625. The fourth-order valence-corrected chi connectivity index (χ4v) is 5.04. The topological polar surface area (TPSA) is 60.9 Å². The van der Waals surface area contributed by atoms with Gasteiger partial charge in [0.1, 0.15) is 0 Å². The number of carbonyl (C=O) groups is 2. The van der Waals surface area contributed by atoms with Gasteiger partial charge in [0.05, 0.1) is 11.8 Å². The molecule has 1 saturated heterocycles. The number of amides is 1. The number of aliphatic carboxylic acids is 1. The Morgan fingerprint density at radius 2 is 1.54 bits per heavy atom. The molecule has 1 heterocycles. The number of benzene rings is 1. The van der Waals surface area contributed by atoms with E-state index in [-0.39, 0.29) is 23.7 Å². The number of hydrogen-bond acceptors (Lipinski definition) is 3. The Hall–Kier alpha value is -2.04. The van der Waals surface area contributed by atoms with Crippen molar-refractivity contribution in [1.82, 2.24) is 4.90 Å². The number of fused-ring (bicyclic) bond motifs is 2. The van der Waals surface area contributed by atoms with Crippen molar-refractivity contribution >= 4 is 17.6 Å². The second-order valence-corrected chi connectivity index (χ2v) is 7.37. The van der Waals surface area contributed by atoms with Crippen molar-refractivity contribution in [1.29, 1.82) is 0 Å². The van der Waals surface area contributed by atoms with Crippen LogP contribution in [0, 0.1) is 23.7 Å². The highest BCUT2D eigenvalue weighted by Gasteiger charge is 2.54. The third-order valence-corrected chi connectivity index (χ3v) is 6.20. The second kappa shape index (κ2) is 6.11. The van der Waals surface area contributed by atoms with E-state index in [0.29, 0.717) is 13.1 Å². The van der Waals surface area contributed by atoms with E-state index in [4.69, 9.17) is 0 Å². The zero-order valence-electron chi connectivity index (χ0n) is 13.8. The number of anilines is 1. The molecule has 0 aromatic heterocycles. The summed E-state index contributed by atoms with van der Waals surface area (Å²) in [6.07, 6.45) is 2.93. The van der Waals surface area contributed by atoms with E-state index in [2.05, 4.69) is 17.0 Å². The summed E-state index contributed by atoms with van der Waals surface area (Å²) in [5.74, 6) is -0.929. The summed E-state index contributed by atoms with van der Waals surface area (Å²) in [6, 6.07) is 10.2. The van der Waals surface area contributed by atoms with Gasteiger partial charge in [-0.05, 0) is 43.2 Å². The minimum absolute atomic E-state index is 0.0855. The maximum atomic E-state index is 13.0. The van der Waals surface area contributed by atoms with Gasteiger partial charge in [0.25, 0.3) is 0 Å². The second-order valence-electron chi connectivity index (χ2n) is 7.37. The van der Waals surface area contributed by atoms with Crippen molar-refractivity contribution in [2.75, 3.05) is 31.1 Å². The first-order valence-electron chi connectivity index (χ1n) is 8.97. The molecule has 2 aliphatic carbocycles. The van der Waals surface area contributed by atoms with Crippen LogP contribution in [-0.4, -0.2) is 48.1 Å². The fourth-order valence-electron chi connectivity index (χ4n) is 5.04. The summed E-state index contributed by atoms with van der Waals surface area (Å²) in [5, 5.41) is 9.56. The Morgan fingerprint density at radius 1 is 0.917 bits per heavy atom. The first-order chi connectivity index (χ1) is 11.6. The highest BCUT2D eigenvalue weighted by atomic mass is 16.4. The SMILES string of the molecule is O=C(O)[C@H]1[C@H]2CC[C@@H](C2)[C@H]1C(=O)N1CCN(c2ccccc2)CC1. The summed E-state index contributed by atoms with van der Waals surface area (Å²) in [6.45, 7) is 3.00. The average molecular weight is 328 g/mol. The monoisotopic (exact) mass is 328 g/mol. The summed E-state index contributed by atoms with van der Waals surface area (Å²) >= 11 is 0. The van der Waals surface area contributed by atoms with E-state index < -0.39 is 11.9 Å². The van der Waals surface area contributed by atoms with Crippen LogP contribution < -0.4 is 4.90 Å². The van der Waals surface area contributed by atoms with Crippen LogP contribution in [0.2, 0.25) is 0 Å². The van der Waals surface area contributed by atoms with Crippen molar-refractivity contribution in [2.24, 2.45) is 23.7 Å². The number of nitrogens with zero attached hydrogens (tertiary/aromatic N) is 2. The molecule has 5 nitrogen and oxygen atoms in total. The third-order valence-electron chi connectivity index (χ3n) is 6.20. The smallest absolute Gasteiger partial charge is 0.307 e. The number of carbonyl (C=O) groups excluding carboxylic acids is 1. The number of carboxylic acid groups (broad SMARTS) is 1. The standard InChI is InChI=1S/C19H24N2O3/c22-18(16-13-6-7-14(12-13)17(16)19(23)24)21-10-8-20(9-11-21)15-4-2-1-3-5-15/h1-5,13-14,16-17H,6-12H2,(H,23,24)/t13-,14-,16+,17-/m0/s1. The van der Waals surface area contributed by atoms with Crippen molar-refractivity contribution in [3.8, 4) is 0 Å². The molecule has 1 aromatic carbocycles. The highest BCUT2D eigenvalue weighted by molar-refractivity contribution is 5.86. The van der Waals surface area contributed by atoms with Gasteiger partial charge in [0.2, 0.25) is 5.91 Å². The van der Waals surface area contributed by atoms with Crippen molar-refractivity contribution in [2.45, 2.75) is 19.3 Å². The van der Waals surface area contributed by atoms with Gasteiger partial charge in [-0.25, -0.2) is 0 Å². The molecule has 3 fully saturated rings. The van der Waals surface area contributed by atoms with Gasteiger partial charge in [0.15, 0.2) is 0 Å². The first-order valence-corrected chi connectivity index (χ1v) is 8.97. The molecule has 0 unspecified atom stereocenters. The molecule has 24 heavy (non-hydrogen) atoms. The summed E-state index contributed by atoms with van der Waals surface area (Å²) in [4.78, 5) is 28.8. The van der Waals surface area contributed by atoms with E-state index in [9.17, 15) is 14.7 Å². The third kappa shape index (κ3) is 2.56. The molecule has 1 aromatic rings. The van der Waals surface area contributed by atoms with Gasteiger partial charge in [-0.15, -0.1) is 0 Å². The summed E-state index contributed by atoms with van der Waals surface area (Å²) < 4.78 is 0. The zero-order valence-corrected chi connectivity index (χ0v) is 13.8. The van der Waals surface area contributed by atoms with Crippen LogP contribution in [-0.2, 0) is 9.59 Å². The average Bonchev–Trinajstić information content (AvgIpc) is 3.23. The Kier molecular flexibility index (Phi) is 3.94. The van der Waals surface area contributed by atoms with Crippen LogP contribution in [0.4, 0.5) is 5.69 Å². The first kappa shape index (κ1) is 15.5. The minimum Gasteiger partial charge on any atom is -0.481 e. The van der Waals surface area contributed by atoms with Crippen LogP contribution in [0.1, 0.15) is 19.3 Å². The van der Waals surface area contributed by atoms with E-state index in [1.807, 2.05) is 23.1 Å². The van der Waals surface area contributed by atoms with Crippen LogP contribution in [0.15, 0.2) is 30.3 Å². The normalized spacial score (nSPS) is 32.2. The minimum atomic E-state index is -0.775. The zero-order chi connectivity index (χ0) is 16.7. The molecule has 0 radical (unpaired) electrons. The van der Waals surface area contributed by atoms with Gasteiger partial charge >= 0.3 is 5.97 Å². The molecule has 3 aliphatic rings. The van der Waals surface area contributed by atoms with E-state index in [0.717, 1.165) is 32.4 Å². The molecular formula is C19H24N2O3. The predicted molar refractivity (Wildman–Crippen MR) is 90.7 cm³/mol. The highest BCUT2D eigenvalue weighted by Crippen LogP contribution is 2.53. The number of rotatable bonds is 3. The van der Waals surface area contributed by atoms with Crippen LogP contribution >= 0.6 is 0 Å². The molecule has 2 bridgehead atoms. The van der Waals surface area contributed by atoms with E-state index in [1.165, 1.54) is 5.69 Å². The van der Waals surface area contributed by atoms with Crippen LogP contribution in [0.3, 0.4) is 0 Å². The van der Waals surface area contributed by atoms with Crippen LogP contribution in [0.5, 0.6) is 0 Å². The van der Waals surface area contributed by atoms with E-state index >= 15 is 0 Å². The Labute approximate surface area is 142 Å². The fraction of sp³-hybridized carbons (Fsp3) is 0.579. The molecule has 5 heteroatoms. The number of hydrogen-bond donors (Lipinski definition) is 1.